The number of carbonyl (C=O) groups excluding carboxylic acids is 2. The Morgan fingerprint density at radius 2 is 2.08 bits per heavy atom. The van der Waals surface area contributed by atoms with Crippen molar-refractivity contribution in [1.29, 1.82) is 0 Å². The zero-order valence-corrected chi connectivity index (χ0v) is 15.3. The number of anilines is 1. The summed E-state index contributed by atoms with van der Waals surface area (Å²) in [6.07, 6.45) is 2.03. The lowest BCUT2D eigenvalue weighted by molar-refractivity contribution is -0.128. The normalized spacial score (nSPS) is 21.5. The lowest BCUT2D eigenvalue weighted by atomic mass is 10.0. The molecule has 2 aliphatic heterocycles. The molecule has 0 bridgehead atoms. The third kappa shape index (κ3) is 4.27. The Labute approximate surface area is 154 Å². The van der Waals surface area contributed by atoms with Gasteiger partial charge in [-0.25, -0.2) is 4.79 Å². The first kappa shape index (κ1) is 18.5. The SMILES string of the molecule is Cc1cccc(N2CCC(NC(=O)N3CCNC(=O)C3CCO)CC2)c1. The first-order valence-corrected chi connectivity index (χ1v) is 9.36. The molecule has 1 aromatic rings. The van der Waals surface area contributed by atoms with Crippen molar-refractivity contribution in [3.8, 4) is 0 Å². The highest BCUT2D eigenvalue weighted by Crippen LogP contribution is 2.21. The summed E-state index contributed by atoms with van der Waals surface area (Å²) in [4.78, 5) is 28.5. The molecule has 2 heterocycles. The Hall–Kier alpha value is -2.28. The third-order valence-corrected chi connectivity index (χ3v) is 5.18. The molecule has 0 aromatic heterocycles. The lowest BCUT2D eigenvalue weighted by Gasteiger charge is -2.38. The van der Waals surface area contributed by atoms with Crippen LogP contribution in [0.1, 0.15) is 24.8 Å². The average Bonchev–Trinajstić information content (AvgIpc) is 2.64. The first-order chi connectivity index (χ1) is 12.6. The van der Waals surface area contributed by atoms with Gasteiger partial charge in [0, 0.05) is 44.5 Å². The van der Waals surface area contributed by atoms with Gasteiger partial charge >= 0.3 is 6.03 Å². The quantitative estimate of drug-likeness (QED) is 0.743. The molecule has 1 unspecified atom stereocenters. The zero-order valence-electron chi connectivity index (χ0n) is 15.3. The number of hydrogen-bond acceptors (Lipinski definition) is 4. The van der Waals surface area contributed by atoms with E-state index in [1.165, 1.54) is 11.3 Å². The van der Waals surface area contributed by atoms with Gasteiger partial charge in [0.15, 0.2) is 0 Å². The van der Waals surface area contributed by atoms with Crippen LogP contribution >= 0.6 is 0 Å². The molecular formula is C19H28N4O3. The van der Waals surface area contributed by atoms with Gasteiger partial charge in [0.1, 0.15) is 6.04 Å². The van der Waals surface area contributed by atoms with Crippen LogP contribution in [0.25, 0.3) is 0 Å². The molecular weight excluding hydrogens is 332 g/mol. The van der Waals surface area contributed by atoms with Crippen LogP contribution in [0, 0.1) is 6.92 Å². The second-order valence-electron chi connectivity index (χ2n) is 7.06. The van der Waals surface area contributed by atoms with Crippen molar-refractivity contribution in [2.24, 2.45) is 0 Å². The summed E-state index contributed by atoms with van der Waals surface area (Å²) in [7, 11) is 0. The number of urea groups is 1. The molecule has 2 saturated heterocycles. The molecule has 2 fully saturated rings. The van der Waals surface area contributed by atoms with Crippen molar-refractivity contribution in [2.45, 2.75) is 38.3 Å². The van der Waals surface area contributed by atoms with Gasteiger partial charge in [-0.2, -0.15) is 0 Å². The van der Waals surface area contributed by atoms with Crippen molar-refractivity contribution < 1.29 is 14.7 Å². The standard InChI is InChI=1S/C19H28N4O3/c1-14-3-2-4-16(13-14)22-9-5-15(6-10-22)21-19(26)23-11-8-20-18(25)17(23)7-12-24/h2-4,13,15,17,24H,5-12H2,1H3,(H,20,25)(H,21,26). The first-order valence-electron chi connectivity index (χ1n) is 9.36. The van der Waals surface area contributed by atoms with E-state index in [2.05, 4.69) is 46.7 Å². The van der Waals surface area contributed by atoms with Crippen LogP contribution < -0.4 is 15.5 Å². The Morgan fingerprint density at radius 1 is 1.31 bits per heavy atom. The molecule has 3 rings (SSSR count). The number of aliphatic hydroxyl groups is 1. The Morgan fingerprint density at radius 3 is 2.77 bits per heavy atom. The molecule has 7 heteroatoms. The number of hydrogen-bond donors (Lipinski definition) is 3. The monoisotopic (exact) mass is 360 g/mol. The summed E-state index contributed by atoms with van der Waals surface area (Å²) in [6, 6.07) is 7.80. The number of aryl methyl sites for hydroxylation is 1. The van der Waals surface area contributed by atoms with Crippen molar-refractivity contribution in [3.05, 3.63) is 29.8 Å². The van der Waals surface area contributed by atoms with Crippen molar-refractivity contribution in [2.75, 3.05) is 37.7 Å². The van der Waals surface area contributed by atoms with E-state index in [1.54, 1.807) is 4.90 Å². The Bertz CT molecular complexity index is 643. The third-order valence-electron chi connectivity index (χ3n) is 5.18. The summed E-state index contributed by atoms with van der Waals surface area (Å²) >= 11 is 0. The fraction of sp³-hybridized carbons (Fsp3) is 0.579. The van der Waals surface area contributed by atoms with Crippen LogP contribution in [0.2, 0.25) is 0 Å². The number of nitrogens with one attached hydrogen (secondary N) is 2. The van der Waals surface area contributed by atoms with Crippen molar-refractivity contribution >= 4 is 17.6 Å². The molecule has 0 aliphatic carbocycles. The maximum absolute atomic E-state index is 12.6. The smallest absolute Gasteiger partial charge is 0.318 e. The van der Waals surface area contributed by atoms with Crippen LogP contribution in [0.4, 0.5) is 10.5 Å². The largest absolute Gasteiger partial charge is 0.396 e. The second-order valence-corrected chi connectivity index (χ2v) is 7.06. The molecule has 0 spiro atoms. The van der Waals surface area contributed by atoms with E-state index in [1.807, 2.05) is 0 Å². The van der Waals surface area contributed by atoms with E-state index >= 15 is 0 Å². The molecule has 1 aromatic carbocycles. The van der Waals surface area contributed by atoms with E-state index in [4.69, 9.17) is 0 Å². The number of benzene rings is 1. The van der Waals surface area contributed by atoms with Gasteiger partial charge in [-0.15, -0.1) is 0 Å². The van der Waals surface area contributed by atoms with E-state index in [-0.39, 0.29) is 31.0 Å². The number of piperazine rings is 1. The van der Waals surface area contributed by atoms with E-state index in [0.717, 1.165) is 25.9 Å². The molecule has 0 radical (unpaired) electrons. The van der Waals surface area contributed by atoms with Gasteiger partial charge < -0.3 is 25.5 Å². The summed E-state index contributed by atoms with van der Waals surface area (Å²) < 4.78 is 0. The van der Waals surface area contributed by atoms with Crippen LogP contribution in [0.3, 0.4) is 0 Å². The minimum absolute atomic E-state index is 0.114. The van der Waals surface area contributed by atoms with Crippen molar-refractivity contribution in [3.63, 3.8) is 0 Å². The molecule has 3 amide bonds. The molecule has 7 nitrogen and oxygen atoms in total. The number of nitrogens with zero attached hydrogens (tertiary/aromatic N) is 2. The van der Waals surface area contributed by atoms with Crippen LogP contribution in [0.15, 0.2) is 24.3 Å². The van der Waals surface area contributed by atoms with Crippen LogP contribution in [-0.4, -0.2) is 66.8 Å². The molecule has 142 valence electrons. The lowest BCUT2D eigenvalue weighted by Crippen LogP contribution is -2.61. The molecule has 1 atom stereocenters. The van der Waals surface area contributed by atoms with Crippen molar-refractivity contribution in [1.82, 2.24) is 15.5 Å². The number of rotatable bonds is 4. The number of piperidine rings is 1. The van der Waals surface area contributed by atoms with Crippen LogP contribution in [-0.2, 0) is 4.79 Å². The number of amides is 3. The van der Waals surface area contributed by atoms with Crippen LogP contribution in [0.5, 0.6) is 0 Å². The van der Waals surface area contributed by atoms with E-state index in [9.17, 15) is 14.7 Å². The highest BCUT2D eigenvalue weighted by Gasteiger charge is 2.33. The Kier molecular flexibility index (Phi) is 5.98. The molecule has 3 N–H and O–H groups in total. The summed E-state index contributed by atoms with van der Waals surface area (Å²) in [5.74, 6) is -0.185. The summed E-state index contributed by atoms with van der Waals surface area (Å²) in [6.45, 7) is 4.71. The summed E-state index contributed by atoms with van der Waals surface area (Å²) in [5.41, 5.74) is 2.47. The topological polar surface area (TPSA) is 84.9 Å². The zero-order chi connectivity index (χ0) is 18.5. The summed E-state index contributed by atoms with van der Waals surface area (Å²) in [5, 5.41) is 15.0. The van der Waals surface area contributed by atoms with E-state index < -0.39 is 6.04 Å². The number of carbonyl (C=O) groups is 2. The maximum Gasteiger partial charge on any atom is 0.318 e. The fourth-order valence-electron chi connectivity index (χ4n) is 3.73. The predicted molar refractivity (Wildman–Crippen MR) is 100 cm³/mol. The molecule has 26 heavy (non-hydrogen) atoms. The average molecular weight is 360 g/mol. The van der Waals surface area contributed by atoms with Gasteiger partial charge in [-0.1, -0.05) is 12.1 Å². The van der Waals surface area contributed by atoms with Gasteiger partial charge in [0.05, 0.1) is 0 Å². The van der Waals surface area contributed by atoms with Gasteiger partial charge in [0.2, 0.25) is 5.91 Å². The van der Waals surface area contributed by atoms with Gasteiger partial charge in [0.25, 0.3) is 0 Å². The second kappa shape index (κ2) is 8.40. The van der Waals surface area contributed by atoms with Gasteiger partial charge in [-0.3, -0.25) is 4.79 Å². The van der Waals surface area contributed by atoms with E-state index in [0.29, 0.717) is 13.1 Å². The highest BCUT2D eigenvalue weighted by atomic mass is 16.3. The molecule has 2 aliphatic rings. The number of aliphatic hydroxyl groups excluding tert-OH is 1. The minimum Gasteiger partial charge on any atom is -0.396 e. The predicted octanol–water partition coefficient (Wildman–Crippen LogP) is 0.856. The Balaban J connectivity index is 1.53. The highest BCUT2D eigenvalue weighted by molar-refractivity contribution is 5.88. The maximum atomic E-state index is 12.6. The minimum atomic E-state index is -0.582. The van der Waals surface area contributed by atoms with Gasteiger partial charge in [-0.05, 0) is 43.9 Å². The fourth-order valence-corrected chi connectivity index (χ4v) is 3.73. The molecule has 0 saturated carbocycles.